The monoisotopic (exact) mass is 196 g/mol. The number of nitrogens with one attached hydrogen (secondary N) is 1. The maximum Gasteiger partial charge on any atom is 0.0528 e. The fraction of sp³-hybridized carbons (Fsp3) is 0.154. The maximum absolute atomic E-state index is 4.41. The van der Waals surface area contributed by atoms with Crippen molar-refractivity contribution in [3.8, 4) is 0 Å². The third kappa shape index (κ3) is 1.08. The van der Waals surface area contributed by atoms with Crippen LogP contribution in [0.5, 0.6) is 0 Å². The van der Waals surface area contributed by atoms with Gasteiger partial charge in [-0.3, -0.25) is 4.98 Å². The Kier molecular flexibility index (Phi) is 1.60. The summed E-state index contributed by atoms with van der Waals surface area (Å²) < 4.78 is 0. The molecule has 0 bridgehead atoms. The second-order valence-corrected chi connectivity index (χ2v) is 3.95. The summed E-state index contributed by atoms with van der Waals surface area (Å²) in [4.78, 5) is 7.86. The van der Waals surface area contributed by atoms with Gasteiger partial charge in [0.15, 0.2) is 0 Å². The van der Waals surface area contributed by atoms with Crippen molar-refractivity contribution in [1.82, 2.24) is 9.97 Å². The van der Waals surface area contributed by atoms with Gasteiger partial charge in [0.2, 0.25) is 0 Å². The third-order valence-electron chi connectivity index (χ3n) is 2.91. The molecule has 0 saturated carbocycles. The summed E-state index contributed by atoms with van der Waals surface area (Å²) in [6.45, 7) is 4.15. The van der Waals surface area contributed by atoms with Crippen LogP contribution in [0.15, 0.2) is 30.5 Å². The van der Waals surface area contributed by atoms with Crippen LogP contribution < -0.4 is 0 Å². The smallest absolute Gasteiger partial charge is 0.0528 e. The van der Waals surface area contributed by atoms with E-state index < -0.39 is 0 Å². The number of aryl methyl sites for hydroxylation is 2. The standard InChI is InChI=1S/C13H12N2/c1-8-7-14-9(2)12-10-5-3-4-6-11(10)15-13(8)12/h3-7,15H,1-2H3. The first kappa shape index (κ1) is 8.48. The average Bonchev–Trinajstić information content (AvgIpc) is 2.64. The highest BCUT2D eigenvalue weighted by Crippen LogP contribution is 2.28. The second kappa shape index (κ2) is 2.83. The van der Waals surface area contributed by atoms with E-state index in [1.54, 1.807) is 0 Å². The van der Waals surface area contributed by atoms with Crippen molar-refractivity contribution in [1.29, 1.82) is 0 Å². The number of H-pyrrole nitrogens is 1. The molecule has 0 aliphatic carbocycles. The third-order valence-corrected chi connectivity index (χ3v) is 2.91. The molecule has 0 unspecified atom stereocenters. The lowest BCUT2D eigenvalue weighted by molar-refractivity contribution is 1.21. The minimum absolute atomic E-state index is 1.09. The Hall–Kier alpha value is -1.83. The van der Waals surface area contributed by atoms with Gasteiger partial charge >= 0.3 is 0 Å². The number of hydrogen-bond acceptors (Lipinski definition) is 1. The molecule has 74 valence electrons. The van der Waals surface area contributed by atoms with Gasteiger partial charge in [-0.1, -0.05) is 18.2 Å². The molecule has 2 heterocycles. The van der Waals surface area contributed by atoms with Crippen LogP contribution >= 0.6 is 0 Å². The predicted octanol–water partition coefficient (Wildman–Crippen LogP) is 3.33. The van der Waals surface area contributed by atoms with E-state index in [9.17, 15) is 0 Å². The fourth-order valence-electron chi connectivity index (χ4n) is 2.14. The minimum Gasteiger partial charge on any atom is -0.354 e. The van der Waals surface area contributed by atoms with E-state index in [4.69, 9.17) is 0 Å². The number of aromatic nitrogens is 2. The van der Waals surface area contributed by atoms with E-state index >= 15 is 0 Å². The molecule has 0 saturated heterocycles. The highest BCUT2D eigenvalue weighted by molar-refractivity contribution is 6.09. The SMILES string of the molecule is Cc1cnc(C)c2c1[nH]c1ccccc12. The van der Waals surface area contributed by atoms with E-state index in [-0.39, 0.29) is 0 Å². The number of pyridine rings is 1. The summed E-state index contributed by atoms with van der Waals surface area (Å²) in [5.41, 5.74) is 4.69. The molecule has 15 heavy (non-hydrogen) atoms. The first-order chi connectivity index (χ1) is 7.27. The zero-order valence-corrected chi connectivity index (χ0v) is 8.83. The molecule has 2 nitrogen and oxygen atoms in total. The van der Waals surface area contributed by atoms with E-state index in [1.807, 2.05) is 6.20 Å². The van der Waals surface area contributed by atoms with Crippen molar-refractivity contribution < 1.29 is 0 Å². The lowest BCUT2D eigenvalue weighted by Gasteiger charge is -1.98. The van der Waals surface area contributed by atoms with Crippen LogP contribution in [0.4, 0.5) is 0 Å². The molecule has 0 aliphatic heterocycles. The summed E-state index contributed by atoms with van der Waals surface area (Å²) in [5, 5.41) is 2.52. The number of hydrogen-bond donors (Lipinski definition) is 1. The van der Waals surface area contributed by atoms with Gasteiger partial charge in [0, 0.05) is 28.2 Å². The molecule has 1 aromatic carbocycles. The lowest BCUT2D eigenvalue weighted by atomic mass is 10.1. The Morgan fingerprint density at radius 2 is 1.93 bits per heavy atom. The summed E-state index contributed by atoms with van der Waals surface area (Å²) in [5.74, 6) is 0. The summed E-state index contributed by atoms with van der Waals surface area (Å²) in [6.07, 6.45) is 1.92. The quantitative estimate of drug-likeness (QED) is 0.587. The molecule has 3 rings (SSSR count). The molecule has 3 aromatic rings. The van der Waals surface area contributed by atoms with Crippen LogP contribution in [0.3, 0.4) is 0 Å². The van der Waals surface area contributed by atoms with Gasteiger partial charge in [0.05, 0.1) is 5.52 Å². The molecule has 0 atom stereocenters. The minimum atomic E-state index is 1.09. The molecule has 0 amide bonds. The highest BCUT2D eigenvalue weighted by Gasteiger charge is 2.08. The van der Waals surface area contributed by atoms with Gasteiger partial charge in [-0.25, -0.2) is 0 Å². The maximum atomic E-state index is 4.41. The van der Waals surface area contributed by atoms with Crippen LogP contribution in [-0.2, 0) is 0 Å². The van der Waals surface area contributed by atoms with Crippen LogP contribution in [0.25, 0.3) is 21.8 Å². The van der Waals surface area contributed by atoms with Crippen molar-refractivity contribution in [3.63, 3.8) is 0 Å². The largest absolute Gasteiger partial charge is 0.354 e. The normalized spacial score (nSPS) is 11.3. The average molecular weight is 196 g/mol. The van der Waals surface area contributed by atoms with Crippen LogP contribution in [0, 0.1) is 13.8 Å². The molecule has 0 fully saturated rings. The number of nitrogens with zero attached hydrogens (tertiary/aromatic N) is 1. The molecule has 0 spiro atoms. The molecule has 1 N–H and O–H groups in total. The molecule has 0 radical (unpaired) electrons. The van der Waals surface area contributed by atoms with Crippen LogP contribution in [-0.4, -0.2) is 9.97 Å². The molecule has 0 aliphatic rings. The van der Waals surface area contributed by atoms with Crippen molar-refractivity contribution in [2.75, 3.05) is 0 Å². The van der Waals surface area contributed by atoms with E-state index in [1.165, 1.54) is 27.4 Å². The first-order valence-electron chi connectivity index (χ1n) is 5.10. The summed E-state index contributed by atoms with van der Waals surface area (Å²) in [6, 6.07) is 8.36. The Bertz CT molecular complexity index is 650. The van der Waals surface area contributed by atoms with Crippen LogP contribution in [0.1, 0.15) is 11.3 Å². The van der Waals surface area contributed by atoms with E-state index in [2.05, 4.69) is 48.1 Å². The highest BCUT2D eigenvalue weighted by atomic mass is 14.7. The topological polar surface area (TPSA) is 28.7 Å². The lowest BCUT2D eigenvalue weighted by Crippen LogP contribution is -1.84. The van der Waals surface area contributed by atoms with Gasteiger partial charge in [0.1, 0.15) is 0 Å². The molecule has 2 aromatic heterocycles. The Morgan fingerprint density at radius 1 is 1.13 bits per heavy atom. The first-order valence-corrected chi connectivity index (χ1v) is 5.10. The van der Waals surface area contributed by atoms with Gasteiger partial charge in [-0.2, -0.15) is 0 Å². The number of para-hydroxylation sites is 1. The van der Waals surface area contributed by atoms with Gasteiger partial charge in [-0.05, 0) is 25.5 Å². The number of aromatic amines is 1. The summed E-state index contributed by atoms with van der Waals surface area (Å²) in [7, 11) is 0. The van der Waals surface area contributed by atoms with Crippen molar-refractivity contribution in [3.05, 3.63) is 41.7 Å². The molecular formula is C13H12N2. The van der Waals surface area contributed by atoms with Crippen molar-refractivity contribution in [2.24, 2.45) is 0 Å². The van der Waals surface area contributed by atoms with E-state index in [0.717, 1.165) is 5.69 Å². The Labute approximate surface area is 88.0 Å². The predicted molar refractivity (Wildman–Crippen MR) is 63.1 cm³/mol. The van der Waals surface area contributed by atoms with E-state index in [0.29, 0.717) is 0 Å². The van der Waals surface area contributed by atoms with Crippen molar-refractivity contribution >= 4 is 21.8 Å². The zero-order valence-electron chi connectivity index (χ0n) is 8.83. The van der Waals surface area contributed by atoms with Gasteiger partial charge < -0.3 is 4.98 Å². The summed E-state index contributed by atoms with van der Waals surface area (Å²) >= 11 is 0. The molecule has 2 heteroatoms. The van der Waals surface area contributed by atoms with Crippen molar-refractivity contribution in [2.45, 2.75) is 13.8 Å². The zero-order chi connectivity index (χ0) is 10.4. The number of rotatable bonds is 0. The molecular weight excluding hydrogens is 184 g/mol. The second-order valence-electron chi connectivity index (χ2n) is 3.95. The van der Waals surface area contributed by atoms with Crippen LogP contribution in [0.2, 0.25) is 0 Å². The Balaban J connectivity index is 2.66. The Morgan fingerprint density at radius 3 is 2.80 bits per heavy atom. The number of benzene rings is 1. The number of fused-ring (bicyclic) bond motifs is 3. The fourth-order valence-corrected chi connectivity index (χ4v) is 2.14. The van der Waals surface area contributed by atoms with Gasteiger partial charge in [-0.15, -0.1) is 0 Å². The van der Waals surface area contributed by atoms with Gasteiger partial charge in [0.25, 0.3) is 0 Å².